The van der Waals surface area contributed by atoms with E-state index in [4.69, 9.17) is 4.74 Å². The van der Waals surface area contributed by atoms with Crippen LogP contribution in [0.3, 0.4) is 0 Å². The maximum Gasteiger partial charge on any atom is 0.122 e. The van der Waals surface area contributed by atoms with E-state index in [1.54, 1.807) is 7.11 Å². The smallest absolute Gasteiger partial charge is 0.122 e. The Morgan fingerprint density at radius 2 is 2.20 bits per heavy atom. The number of aryl methyl sites for hydroxylation is 1. The number of ether oxygens (including phenoxy) is 1. The van der Waals surface area contributed by atoms with Gasteiger partial charge in [-0.3, -0.25) is 0 Å². The number of rotatable bonds is 5. The Kier molecular flexibility index (Phi) is 4.59. The zero-order valence-corrected chi connectivity index (χ0v) is 9.58. The lowest BCUT2D eigenvalue weighted by Crippen LogP contribution is -2.20. The van der Waals surface area contributed by atoms with E-state index in [9.17, 15) is 5.11 Å². The van der Waals surface area contributed by atoms with Gasteiger partial charge in [0.15, 0.2) is 0 Å². The molecule has 0 aliphatic rings. The maximum atomic E-state index is 9.18. The van der Waals surface area contributed by atoms with Gasteiger partial charge in [0.25, 0.3) is 0 Å². The third-order valence-electron chi connectivity index (χ3n) is 2.62. The molecule has 0 saturated heterocycles. The van der Waals surface area contributed by atoms with Gasteiger partial charge in [0.2, 0.25) is 0 Å². The van der Waals surface area contributed by atoms with Crippen LogP contribution in [0, 0.1) is 0 Å². The highest BCUT2D eigenvalue weighted by Crippen LogP contribution is 2.23. The number of nitrogens with one attached hydrogen (secondary N) is 1. The molecule has 0 saturated carbocycles. The molecule has 1 aromatic rings. The van der Waals surface area contributed by atoms with E-state index in [1.165, 1.54) is 5.56 Å². The lowest BCUT2D eigenvalue weighted by atomic mass is 10.0. The fourth-order valence-corrected chi connectivity index (χ4v) is 1.65. The van der Waals surface area contributed by atoms with E-state index in [1.807, 2.05) is 19.2 Å². The van der Waals surface area contributed by atoms with Crippen LogP contribution in [0.4, 0.5) is 0 Å². The van der Waals surface area contributed by atoms with Crippen molar-refractivity contribution in [1.29, 1.82) is 0 Å². The molecule has 0 aliphatic carbocycles. The van der Waals surface area contributed by atoms with Crippen LogP contribution in [-0.2, 0) is 6.42 Å². The van der Waals surface area contributed by atoms with Crippen molar-refractivity contribution in [1.82, 2.24) is 5.32 Å². The van der Waals surface area contributed by atoms with Crippen molar-refractivity contribution < 1.29 is 9.84 Å². The van der Waals surface area contributed by atoms with Gasteiger partial charge in [-0.15, -0.1) is 0 Å². The van der Waals surface area contributed by atoms with Crippen molar-refractivity contribution in [3.63, 3.8) is 0 Å². The Morgan fingerprint density at radius 3 is 2.67 bits per heavy atom. The minimum absolute atomic E-state index is 0.00112. The molecule has 0 radical (unpaired) electrons. The maximum absolute atomic E-state index is 9.18. The lowest BCUT2D eigenvalue weighted by Gasteiger charge is -2.16. The Balaban J connectivity index is 3.01. The van der Waals surface area contributed by atoms with Crippen LogP contribution < -0.4 is 10.1 Å². The monoisotopic (exact) mass is 209 g/mol. The minimum Gasteiger partial charge on any atom is -0.496 e. The molecule has 3 nitrogen and oxygen atoms in total. The van der Waals surface area contributed by atoms with Crippen LogP contribution in [0.1, 0.15) is 24.1 Å². The fraction of sp³-hybridized carbons (Fsp3) is 0.500. The molecule has 2 N–H and O–H groups in total. The summed E-state index contributed by atoms with van der Waals surface area (Å²) in [6.45, 7) is 2.20. The molecule has 0 amide bonds. The Bertz CT molecular complexity index is 308. The van der Waals surface area contributed by atoms with Crippen molar-refractivity contribution in [2.75, 3.05) is 20.8 Å². The van der Waals surface area contributed by atoms with Gasteiger partial charge in [-0.2, -0.15) is 0 Å². The van der Waals surface area contributed by atoms with Crippen molar-refractivity contribution in [2.24, 2.45) is 0 Å². The predicted molar refractivity (Wildman–Crippen MR) is 61.3 cm³/mol. The number of benzene rings is 1. The van der Waals surface area contributed by atoms with Crippen molar-refractivity contribution in [3.05, 3.63) is 29.3 Å². The third-order valence-corrected chi connectivity index (χ3v) is 2.62. The number of likely N-dealkylation sites (N-methyl/N-ethyl adjacent to an activating group) is 1. The molecule has 0 spiro atoms. The van der Waals surface area contributed by atoms with E-state index in [2.05, 4.69) is 18.3 Å². The summed E-state index contributed by atoms with van der Waals surface area (Å²) in [5.74, 6) is 0.911. The van der Waals surface area contributed by atoms with E-state index < -0.39 is 0 Å². The predicted octanol–water partition coefficient (Wildman–Crippen LogP) is 1.51. The summed E-state index contributed by atoms with van der Waals surface area (Å²) in [5.41, 5.74) is 2.27. The summed E-state index contributed by atoms with van der Waals surface area (Å²) < 4.78 is 5.26. The van der Waals surface area contributed by atoms with Crippen molar-refractivity contribution >= 4 is 0 Å². The number of hydrogen-bond acceptors (Lipinski definition) is 3. The van der Waals surface area contributed by atoms with E-state index in [0.29, 0.717) is 0 Å². The second-order valence-corrected chi connectivity index (χ2v) is 3.45. The fourth-order valence-electron chi connectivity index (χ4n) is 1.65. The minimum atomic E-state index is 0.00112. The van der Waals surface area contributed by atoms with Crippen LogP contribution >= 0.6 is 0 Å². The molecule has 0 heterocycles. The van der Waals surface area contributed by atoms with E-state index >= 15 is 0 Å². The van der Waals surface area contributed by atoms with E-state index in [-0.39, 0.29) is 12.6 Å². The summed E-state index contributed by atoms with van der Waals surface area (Å²) >= 11 is 0. The summed E-state index contributed by atoms with van der Waals surface area (Å²) in [4.78, 5) is 0. The van der Waals surface area contributed by atoms with Gasteiger partial charge in [-0.05, 0) is 30.7 Å². The van der Waals surface area contributed by atoms with Crippen LogP contribution in [0.25, 0.3) is 0 Å². The molecular formula is C12H19NO2. The van der Waals surface area contributed by atoms with E-state index in [0.717, 1.165) is 17.7 Å². The molecule has 1 atom stereocenters. The van der Waals surface area contributed by atoms with Crippen molar-refractivity contribution in [3.8, 4) is 5.75 Å². The molecule has 15 heavy (non-hydrogen) atoms. The Hall–Kier alpha value is -1.06. The number of aliphatic hydroxyl groups is 1. The molecule has 84 valence electrons. The Labute approximate surface area is 91.1 Å². The van der Waals surface area contributed by atoms with Gasteiger partial charge in [0.05, 0.1) is 19.8 Å². The number of aliphatic hydroxyl groups excluding tert-OH is 1. The third kappa shape index (κ3) is 2.70. The standard InChI is InChI=1S/C12H19NO2/c1-4-9-7-10(11(8-14)13-2)5-6-12(9)15-3/h5-7,11,13-14H,4,8H2,1-3H3. The molecule has 0 bridgehead atoms. The quantitative estimate of drug-likeness (QED) is 0.772. The number of methoxy groups -OCH3 is 1. The normalized spacial score (nSPS) is 12.5. The van der Waals surface area contributed by atoms with Gasteiger partial charge >= 0.3 is 0 Å². The van der Waals surface area contributed by atoms with Crippen LogP contribution in [0.2, 0.25) is 0 Å². The van der Waals surface area contributed by atoms with Gasteiger partial charge in [-0.1, -0.05) is 19.1 Å². The molecular weight excluding hydrogens is 190 g/mol. The van der Waals surface area contributed by atoms with Crippen LogP contribution in [0.15, 0.2) is 18.2 Å². The first-order valence-corrected chi connectivity index (χ1v) is 5.21. The largest absolute Gasteiger partial charge is 0.496 e. The molecule has 0 aliphatic heterocycles. The summed E-state index contributed by atoms with van der Waals surface area (Å²) in [7, 11) is 3.52. The molecule has 1 unspecified atom stereocenters. The zero-order valence-electron chi connectivity index (χ0n) is 9.58. The number of hydrogen-bond donors (Lipinski definition) is 2. The molecule has 3 heteroatoms. The van der Waals surface area contributed by atoms with Gasteiger partial charge in [-0.25, -0.2) is 0 Å². The second-order valence-electron chi connectivity index (χ2n) is 3.45. The highest BCUT2D eigenvalue weighted by Gasteiger charge is 2.10. The van der Waals surface area contributed by atoms with Gasteiger partial charge < -0.3 is 15.2 Å². The highest BCUT2D eigenvalue weighted by molar-refractivity contribution is 5.38. The van der Waals surface area contributed by atoms with Crippen LogP contribution in [0.5, 0.6) is 5.75 Å². The summed E-state index contributed by atoms with van der Waals surface area (Å²) in [6.07, 6.45) is 0.929. The molecule has 1 aromatic carbocycles. The van der Waals surface area contributed by atoms with Crippen molar-refractivity contribution in [2.45, 2.75) is 19.4 Å². The topological polar surface area (TPSA) is 41.5 Å². The van der Waals surface area contributed by atoms with Crippen LogP contribution in [-0.4, -0.2) is 25.9 Å². The van der Waals surface area contributed by atoms with Gasteiger partial charge in [0.1, 0.15) is 5.75 Å². The first-order chi connectivity index (χ1) is 7.26. The first-order valence-electron chi connectivity index (χ1n) is 5.21. The Morgan fingerprint density at radius 1 is 1.47 bits per heavy atom. The molecule has 1 rings (SSSR count). The summed E-state index contributed by atoms with van der Waals surface area (Å²) in [5, 5.41) is 12.2. The highest BCUT2D eigenvalue weighted by atomic mass is 16.5. The molecule has 0 fully saturated rings. The second kappa shape index (κ2) is 5.73. The zero-order chi connectivity index (χ0) is 11.3. The average Bonchev–Trinajstić information content (AvgIpc) is 2.30. The summed E-state index contributed by atoms with van der Waals surface area (Å²) in [6, 6.07) is 6.01. The van der Waals surface area contributed by atoms with Gasteiger partial charge in [0, 0.05) is 0 Å². The average molecular weight is 209 g/mol. The molecule has 0 aromatic heterocycles. The SMILES string of the molecule is CCc1cc(C(CO)NC)ccc1OC. The lowest BCUT2D eigenvalue weighted by molar-refractivity contribution is 0.251. The first kappa shape index (κ1) is 12.0.